The average Bonchev–Trinajstić information content (AvgIpc) is 2.37. The number of para-hydroxylation sites is 1. The van der Waals surface area contributed by atoms with Gasteiger partial charge in [0.2, 0.25) is 0 Å². The third-order valence-electron chi connectivity index (χ3n) is 3.75. The number of fused-ring (bicyclic) bond motifs is 1. The van der Waals surface area contributed by atoms with E-state index < -0.39 is 20.0 Å². The lowest BCUT2D eigenvalue weighted by Gasteiger charge is -2.27. The van der Waals surface area contributed by atoms with Crippen molar-refractivity contribution in [2.24, 2.45) is 0 Å². The van der Waals surface area contributed by atoms with Gasteiger partial charge in [0.15, 0.2) is 9.84 Å². The molecule has 0 saturated heterocycles. The molecular weight excluding hydrogens is 294 g/mol. The lowest BCUT2D eigenvalue weighted by Crippen LogP contribution is -2.41. The maximum absolute atomic E-state index is 11.8. The van der Waals surface area contributed by atoms with E-state index in [-0.39, 0.29) is 0 Å². The molecule has 1 atom stereocenters. The van der Waals surface area contributed by atoms with Gasteiger partial charge in [-0.05, 0) is 26.0 Å². The van der Waals surface area contributed by atoms with Crippen LogP contribution in [0.1, 0.15) is 19.5 Å². The van der Waals surface area contributed by atoms with Crippen molar-refractivity contribution >= 4 is 32.3 Å². The van der Waals surface area contributed by atoms with Crippen molar-refractivity contribution in [1.82, 2.24) is 4.98 Å². The summed E-state index contributed by atoms with van der Waals surface area (Å²) in [5.41, 5.74) is 1.70. The van der Waals surface area contributed by atoms with E-state index >= 15 is 0 Å². The molecule has 0 aliphatic rings. The fourth-order valence-electron chi connectivity index (χ4n) is 1.88. The second-order valence-corrected chi connectivity index (χ2v) is 8.67. The first-order chi connectivity index (χ1) is 9.22. The van der Waals surface area contributed by atoms with Crippen molar-refractivity contribution in [3.05, 3.63) is 42.1 Å². The summed E-state index contributed by atoms with van der Waals surface area (Å²) in [5, 5.41) is 0.538. The Morgan fingerprint density at radius 1 is 1.20 bits per heavy atom. The maximum Gasteiger partial charge on any atom is 0.154 e. The summed E-state index contributed by atoms with van der Waals surface area (Å²) in [6.07, 6.45) is 1.64. The summed E-state index contributed by atoms with van der Waals surface area (Å²) in [6, 6.07) is 11.7. The van der Waals surface area contributed by atoms with Crippen LogP contribution in [0.4, 0.5) is 0 Å². The molecule has 3 nitrogen and oxygen atoms in total. The molecule has 0 bridgehead atoms. The summed E-state index contributed by atoms with van der Waals surface area (Å²) in [7, 11) is -3.22. The number of nitrogens with zero attached hydrogens (tertiary/aromatic N) is 1. The number of sulfone groups is 1. The first-order valence-corrected chi connectivity index (χ1v) is 8.73. The third-order valence-corrected chi connectivity index (χ3v) is 6.78. The number of pyridine rings is 1. The Morgan fingerprint density at radius 2 is 1.85 bits per heavy atom. The Hall–Kier alpha value is -1.13. The van der Waals surface area contributed by atoms with Crippen molar-refractivity contribution in [2.75, 3.05) is 6.26 Å². The van der Waals surface area contributed by atoms with Crippen molar-refractivity contribution in [3.63, 3.8) is 0 Å². The van der Waals surface area contributed by atoms with Crippen LogP contribution in [0.2, 0.25) is 0 Å². The summed E-state index contributed by atoms with van der Waals surface area (Å²) in [4.78, 5) is 4.53. The smallest absolute Gasteiger partial charge is 0.154 e. The quantitative estimate of drug-likeness (QED) is 0.815. The van der Waals surface area contributed by atoms with Crippen LogP contribution in [0.25, 0.3) is 10.9 Å². The second kappa shape index (κ2) is 5.34. The van der Waals surface area contributed by atoms with E-state index in [2.05, 4.69) is 4.98 Å². The zero-order valence-electron chi connectivity index (χ0n) is 11.8. The highest BCUT2D eigenvalue weighted by Crippen LogP contribution is 2.27. The van der Waals surface area contributed by atoms with Crippen LogP contribution < -0.4 is 0 Å². The molecule has 1 aromatic heterocycles. The van der Waals surface area contributed by atoms with Crippen LogP contribution >= 0.6 is 11.6 Å². The number of rotatable bonds is 4. The molecule has 1 aromatic carbocycles. The molecule has 0 N–H and O–H groups in total. The molecule has 0 amide bonds. The molecule has 1 unspecified atom stereocenters. The van der Waals surface area contributed by atoms with Gasteiger partial charge in [0, 0.05) is 23.8 Å². The predicted octanol–water partition coefficient (Wildman–Crippen LogP) is 3.21. The summed E-state index contributed by atoms with van der Waals surface area (Å²) in [6.45, 7) is 3.31. The minimum atomic E-state index is -3.22. The standard InChI is InChI=1S/C15H18ClNO2S/c1-15(2,20(3,18)19)14(16)10-12-9-8-11-6-4-5-7-13(11)17-12/h4-9,14H,10H2,1-3H3. The lowest BCUT2D eigenvalue weighted by molar-refractivity contribution is 0.535. The van der Waals surface area contributed by atoms with Crippen LogP contribution in [0.5, 0.6) is 0 Å². The number of hydrogen-bond acceptors (Lipinski definition) is 3. The molecule has 0 spiro atoms. The molecule has 108 valence electrons. The highest BCUT2D eigenvalue weighted by molar-refractivity contribution is 7.92. The topological polar surface area (TPSA) is 47.0 Å². The van der Waals surface area contributed by atoms with Crippen LogP contribution in [0.3, 0.4) is 0 Å². The van der Waals surface area contributed by atoms with Gasteiger partial charge in [0.05, 0.1) is 15.6 Å². The zero-order valence-corrected chi connectivity index (χ0v) is 13.4. The number of aromatic nitrogens is 1. The van der Waals surface area contributed by atoms with Crippen molar-refractivity contribution < 1.29 is 8.42 Å². The van der Waals surface area contributed by atoms with E-state index in [1.807, 2.05) is 36.4 Å². The fraction of sp³-hybridized carbons (Fsp3) is 0.400. The number of hydrogen-bond donors (Lipinski definition) is 0. The third kappa shape index (κ3) is 2.96. The fourth-order valence-corrected chi connectivity index (χ4v) is 3.08. The van der Waals surface area contributed by atoms with Crippen LogP contribution in [-0.2, 0) is 16.3 Å². The largest absolute Gasteiger partial charge is 0.253 e. The second-order valence-electron chi connectivity index (χ2n) is 5.54. The van der Waals surface area contributed by atoms with Gasteiger partial charge in [0.1, 0.15) is 0 Å². The van der Waals surface area contributed by atoms with Crippen LogP contribution in [0.15, 0.2) is 36.4 Å². The molecule has 0 fully saturated rings. The maximum atomic E-state index is 11.8. The van der Waals surface area contributed by atoms with Gasteiger partial charge in [-0.15, -0.1) is 11.6 Å². The summed E-state index contributed by atoms with van der Waals surface area (Å²) in [5.74, 6) is 0. The Balaban J connectivity index is 2.28. The van der Waals surface area contributed by atoms with Gasteiger partial charge in [-0.2, -0.15) is 0 Å². The Morgan fingerprint density at radius 3 is 2.50 bits per heavy atom. The minimum absolute atomic E-state index is 0.423. The lowest BCUT2D eigenvalue weighted by atomic mass is 10.0. The highest BCUT2D eigenvalue weighted by Gasteiger charge is 2.38. The van der Waals surface area contributed by atoms with Crippen molar-refractivity contribution in [1.29, 1.82) is 0 Å². The molecule has 0 saturated carbocycles. The number of alkyl halides is 1. The average molecular weight is 312 g/mol. The van der Waals surface area contributed by atoms with Gasteiger partial charge in [-0.1, -0.05) is 24.3 Å². The molecule has 0 aliphatic heterocycles. The number of halogens is 1. The molecule has 20 heavy (non-hydrogen) atoms. The SMILES string of the molecule is CC(C)(C(Cl)Cc1ccc2ccccc2n1)S(C)(=O)=O. The van der Waals surface area contributed by atoms with Gasteiger partial charge in [-0.3, -0.25) is 4.98 Å². The molecule has 5 heteroatoms. The van der Waals surface area contributed by atoms with Gasteiger partial charge < -0.3 is 0 Å². The Bertz CT molecular complexity index is 725. The molecule has 0 aliphatic carbocycles. The molecule has 2 rings (SSSR count). The van der Waals surface area contributed by atoms with Crippen molar-refractivity contribution in [3.8, 4) is 0 Å². The predicted molar refractivity (Wildman–Crippen MR) is 84.0 cm³/mol. The van der Waals surface area contributed by atoms with E-state index in [1.54, 1.807) is 13.8 Å². The van der Waals surface area contributed by atoms with Crippen molar-refractivity contribution in [2.45, 2.75) is 30.4 Å². The molecule has 0 radical (unpaired) electrons. The molecular formula is C15H18ClNO2S. The monoisotopic (exact) mass is 311 g/mol. The highest BCUT2D eigenvalue weighted by atomic mass is 35.5. The first-order valence-electron chi connectivity index (χ1n) is 6.40. The van der Waals surface area contributed by atoms with Gasteiger partial charge in [0.25, 0.3) is 0 Å². The Kier molecular flexibility index (Phi) is 4.07. The summed E-state index contributed by atoms with van der Waals surface area (Å²) >= 11 is 6.32. The van der Waals surface area contributed by atoms with Gasteiger partial charge in [-0.25, -0.2) is 8.42 Å². The van der Waals surface area contributed by atoms with Crippen LogP contribution in [0, 0.1) is 0 Å². The summed E-state index contributed by atoms with van der Waals surface area (Å²) < 4.78 is 22.6. The normalized spacial score (nSPS) is 14.4. The zero-order chi connectivity index (χ0) is 15.0. The van der Waals surface area contributed by atoms with E-state index in [1.165, 1.54) is 6.26 Å². The Labute approximate surface area is 124 Å². The molecule has 1 heterocycles. The van der Waals surface area contributed by atoms with E-state index in [0.717, 1.165) is 16.6 Å². The van der Waals surface area contributed by atoms with Crippen LogP contribution in [-0.4, -0.2) is 29.8 Å². The van der Waals surface area contributed by atoms with Gasteiger partial charge >= 0.3 is 0 Å². The number of benzene rings is 1. The first kappa shape index (κ1) is 15.3. The minimum Gasteiger partial charge on any atom is -0.253 e. The van der Waals surface area contributed by atoms with E-state index in [9.17, 15) is 8.42 Å². The van der Waals surface area contributed by atoms with E-state index in [4.69, 9.17) is 11.6 Å². The van der Waals surface area contributed by atoms with E-state index in [0.29, 0.717) is 6.42 Å². The molecule has 2 aromatic rings.